The Hall–Kier alpha value is -1.92. The van der Waals surface area contributed by atoms with Gasteiger partial charge in [0.15, 0.2) is 0 Å². The smallest absolute Gasteiger partial charge is 0.305 e. The van der Waals surface area contributed by atoms with Crippen molar-refractivity contribution in [3.05, 3.63) is 36.5 Å². The predicted molar refractivity (Wildman–Crippen MR) is 356 cm³/mol. The number of rotatable bonds is 69. The fourth-order valence-corrected chi connectivity index (χ4v) is 11.6. The van der Waals surface area contributed by atoms with Crippen LogP contribution in [0.3, 0.4) is 0 Å². The Balaban J connectivity index is 3.34. The normalized spacial score (nSPS) is 12.7. The molecule has 0 aromatic heterocycles. The summed E-state index contributed by atoms with van der Waals surface area (Å²) in [5.74, 6) is -0.0420. The van der Waals surface area contributed by atoms with Gasteiger partial charge in [-0.05, 0) is 64.2 Å². The number of nitrogens with one attached hydrogen (secondary N) is 1. The minimum absolute atomic E-state index is 0.0220. The molecule has 6 heteroatoms. The van der Waals surface area contributed by atoms with Crippen molar-refractivity contribution >= 4 is 11.9 Å². The first kappa shape index (κ1) is 79.1. The Morgan fingerprint density at radius 2 is 0.617 bits per heavy atom. The van der Waals surface area contributed by atoms with Gasteiger partial charge in [0.2, 0.25) is 5.91 Å². The summed E-state index contributed by atoms with van der Waals surface area (Å²) >= 11 is 0. The van der Waals surface area contributed by atoms with Crippen LogP contribution < -0.4 is 5.32 Å². The van der Waals surface area contributed by atoms with Gasteiger partial charge in [-0.3, -0.25) is 9.59 Å². The van der Waals surface area contributed by atoms with Crippen molar-refractivity contribution in [2.24, 2.45) is 0 Å². The van der Waals surface area contributed by atoms with Crippen molar-refractivity contribution in [3.63, 3.8) is 0 Å². The van der Waals surface area contributed by atoms with Gasteiger partial charge in [-0.25, -0.2) is 0 Å². The third-order valence-electron chi connectivity index (χ3n) is 17.2. The van der Waals surface area contributed by atoms with Gasteiger partial charge in [0.1, 0.15) is 0 Å². The van der Waals surface area contributed by atoms with Crippen molar-refractivity contribution < 1.29 is 24.5 Å². The maximum absolute atomic E-state index is 12.5. The van der Waals surface area contributed by atoms with Gasteiger partial charge in [-0.1, -0.05) is 365 Å². The quantitative estimate of drug-likeness (QED) is 0.0320. The second-order valence-electron chi connectivity index (χ2n) is 25.3. The topological polar surface area (TPSA) is 95.9 Å². The molecule has 81 heavy (non-hydrogen) atoms. The summed E-state index contributed by atoms with van der Waals surface area (Å²) < 4.78 is 5.49. The summed E-state index contributed by atoms with van der Waals surface area (Å²) in [6.07, 6.45) is 91.1. The number of amides is 1. The minimum Gasteiger partial charge on any atom is -0.466 e. The number of unbranched alkanes of at least 4 members (excludes halogenated alkanes) is 54. The van der Waals surface area contributed by atoms with Crippen LogP contribution in [-0.4, -0.2) is 47.4 Å². The third kappa shape index (κ3) is 67.1. The van der Waals surface area contributed by atoms with Gasteiger partial charge in [0.05, 0.1) is 25.4 Å². The average Bonchev–Trinajstić information content (AvgIpc) is 3.47. The van der Waals surface area contributed by atoms with Crippen LogP contribution in [0.5, 0.6) is 0 Å². The fourth-order valence-electron chi connectivity index (χ4n) is 11.6. The highest BCUT2D eigenvalue weighted by Gasteiger charge is 2.18. The molecule has 0 saturated heterocycles. The second-order valence-corrected chi connectivity index (χ2v) is 25.3. The predicted octanol–water partition coefficient (Wildman–Crippen LogP) is 23.9. The highest BCUT2D eigenvalue weighted by Crippen LogP contribution is 2.19. The molecule has 1 amide bonds. The molecule has 2 atom stereocenters. The number of carbonyl (C=O) groups is 2. The van der Waals surface area contributed by atoms with Crippen molar-refractivity contribution in [1.29, 1.82) is 0 Å². The second kappa shape index (κ2) is 70.6. The van der Waals surface area contributed by atoms with Crippen LogP contribution in [0.1, 0.15) is 406 Å². The zero-order valence-electron chi connectivity index (χ0n) is 54.8. The first-order chi connectivity index (χ1) is 40.0. The molecule has 0 aliphatic carbocycles. The molecule has 0 spiro atoms. The highest BCUT2D eigenvalue weighted by molar-refractivity contribution is 5.76. The van der Waals surface area contributed by atoms with Gasteiger partial charge < -0.3 is 20.3 Å². The van der Waals surface area contributed by atoms with E-state index in [1.54, 1.807) is 6.08 Å². The number of allylic oxidation sites excluding steroid dienone is 5. The molecule has 0 aromatic rings. The molecule has 0 rings (SSSR count). The number of hydrogen-bond acceptors (Lipinski definition) is 5. The lowest BCUT2D eigenvalue weighted by Gasteiger charge is -2.20. The Labute approximate surface area is 506 Å². The maximum atomic E-state index is 12.5. The summed E-state index contributed by atoms with van der Waals surface area (Å²) in [7, 11) is 0. The van der Waals surface area contributed by atoms with E-state index < -0.39 is 12.1 Å². The molecular weight excluding hydrogens is 995 g/mol. The molecule has 0 bridgehead atoms. The van der Waals surface area contributed by atoms with Crippen molar-refractivity contribution in [3.8, 4) is 0 Å². The van der Waals surface area contributed by atoms with E-state index in [1.165, 1.54) is 334 Å². The first-order valence-corrected chi connectivity index (χ1v) is 36.8. The number of esters is 1. The first-order valence-electron chi connectivity index (χ1n) is 36.8. The fraction of sp³-hybridized carbons (Fsp3) is 0.893. The van der Waals surface area contributed by atoms with Crippen molar-refractivity contribution in [2.75, 3.05) is 13.2 Å². The average molecular weight is 1140 g/mol. The SMILES string of the molecule is CCCCCCCCCCCC/C=C/C(O)C(CO)NC(=O)CCCCCCCCCCCCCCCCCCC/C=C\C/C=C\CCCCCCCCCCCCCCCCCOC(=O)CCCCCCCCCCCCCCC. The van der Waals surface area contributed by atoms with Crippen LogP contribution in [0.15, 0.2) is 36.5 Å². The third-order valence-corrected chi connectivity index (χ3v) is 17.2. The number of ether oxygens (including phenoxy) is 1. The van der Waals surface area contributed by atoms with E-state index in [0.29, 0.717) is 19.4 Å². The molecule has 0 saturated carbocycles. The van der Waals surface area contributed by atoms with Gasteiger partial charge in [0.25, 0.3) is 0 Å². The van der Waals surface area contributed by atoms with E-state index in [9.17, 15) is 19.8 Å². The van der Waals surface area contributed by atoms with E-state index in [1.807, 2.05) is 6.08 Å². The van der Waals surface area contributed by atoms with Gasteiger partial charge >= 0.3 is 5.97 Å². The summed E-state index contributed by atoms with van der Waals surface area (Å²) in [4.78, 5) is 24.5. The van der Waals surface area contributed by atoms with Gasteiger partial charge in [-0.15, -0.1) is 0 Å². The number of hydrogen-bond donors (Lipinski definition) is 3. The number of aliphatic hydroxyl groups excluding tert-OH is 2. The zero-order valence-corrected chi connectivity index (χ0v) is 54.8. The van der Waals surface area contributed by atoms with E-state index >= 15 is 0 Å². The lowest BCUT2D eigenvalue weighted by molar-refractivity contribution is -0.143. The molecule has 0 heterocycles. The van der Waals surface area contributed by atoms with E-state index in [4.69, 9.17) is 4.74 Å². The lowest BCUT2D eigenvalue weighted by atomic mass is 10.0. The molecular formula is C75H143NO5. The summed E-state index contributed by atoms with van der Waals surface area (Å²) in [5, 5.41) is 23.1. The minimum atomic E-state index is -0.841. The molecule has 0 aromatic carbocycles. The van der Waals surface area contributed by atoms with Crippen LogP contribution in [0.25, 0.3) is 0 Å². The van der Waals surface area contributed by atoms with Gasteiger partial charge in [-0.2, -0.15) is 0 Å². The van der Waals surface area contributed by atoms with E-state index in [-0.39, 0.29) is 18.5 Å². The Kier molecular flexibility index (Phi) is 68.9. The van der Waals surface area contributed by atoms with Crippen LogP contribution >= 0.6 is 0 Å². The van der Waals surface area contributed by atoms with Crippen LogP contribution in [-0.2, 0) is 14.3 Å². The van der Waals surface area contributed by atoms with Crippen molar-refractivity contribution in [2.45, 2.75) is 418 Å². The number of aliphatic hydroxyl groups is 2. The highest BCUT2D eigenvalue weighted by atomic mass is 16.5. The number of carbonyl (C=O) groups excluding carboxylic acids is 2. The molecule has 6 nitrogen and oxygen atoms in total. The van der Waals surface area contributed by atoms with Crippen LogP contribution in [0.4, 0.5) is 0 Å². The van der Waals surface area contributed by atoms with Gasteiger partial charge in [0, 0.05) is 12.8 Å². The molecule has 0 aliphatic heterocycles. The Morgan fingerprint density at radius 1 is 0.346 bits per heavy atom. The summed E-state index contributed by atoms with van der Waals surface area (Å²) in [5.41, 5.74) is 0. The van der Waals surface area contributed by atoms with E-state index in [2.05, 4.69) is 43.5 Å². The zero-order chi connectivity index (χ0) is 58.5. The largest absolute Gasteiger partial charge is 0.466 e. The summed E-state index contributed by atoms with van der Waals surface area (Å²) in [6, 6.07) is -0.624. The molecule has 3 N–H and O–H groups in total. The lowest BCUT2D eigenvalue weighted by Crippen LogP contribution is -2.45. The van der Waals surface area contributed by atoms with Crippen LogP contribution in [0, 0.1) is 0 Å². The molecule has 0 radical (unpaired) electrons. The monoisotopic (exact) mass is 1140 g/mol. The molecule has 2 unspecified atom stereocenters. The standard InChI is InChI=1S/C75H143NO5/c1-3-5-7-9-11-13-15-44-49-53-57-61-65-69-75(80)81-70-66-62-58-54-50-46-43-41-39-37-35-33-31-29-27-25-23-21-19-17-18-20-22-24-26-28-30-32-34-36-38-40-42-45-48-52-56-60-64-68-74(79)76-72(71-77)73(78)67-63-59-55-51-47-16-14-12-10-8-6-4-2/h17-18,21,23,63,67,72-73,77-78H,3-16,19-20,22,24-62,64-66,68-71H2,1-2H3,(H,76,79)/b18-17-,23-21-,67-63+. The van der Waals surface area contributed by atoms with Crippen molar-refractivity contribution in [1.82, 2.24) is 5.32 Å². The Morgan fingerprint density at radius 3 is 0.938 bits per heavy atom. The summed E-state index contributed by atoms with van der Waals surface area (Å²) in [6.45, 7) is 4.93. The maximum Gasteiger partial charge on any atom is 0.305 e. The molecule has 0 aliphatic rings. The van der Waals surface area contributed by atoms with Crippen LogP contribution in [0.2, 0.25) is 0 Å². The van der Waals surface area contributed by atoms with E-state index in [0.717, 1.165) is 44.9 Å². The molecule has 478 valence electrons. The Bertz CT molecular complexity index is 1310. The molecule has 0 fully saturated rings.